The highest BCUT2D eigenvalue weighted by molar-refractivity contribution is 5.79. The minimum atomic E-state index is -0.0194. The van der Waals surface area contributed by atoms with Crippen molar-refractivity contribution >= 4 is 10.9 Å². The van der Waals surface area contributed by atoms with Crippen LogP contribution in [-0.4, -0.2) is 14.3 Å². The zero-order chi connectivity index (χ0) is 16.5. The van der Waals surface area contributed by atoms with Gasteiger partial charge in [0.05, 0.1) is 6.54 Å². The standard InChI is InChI=1S/C19H17N3O2/c1-14-11-17(20-24-14)13-22-10-8-16-7-9-21(18(16)19(22)23)12-15-5-3-2-4-6-15/h2-11H,12-13H2,1H3. The summed E-state index contributed by atoms with van der Waals surface area (Å²) in [7, 11) is 0. The molecule has 3 aromatic heterocycles. The first-order chi connectivity index (χ1) is 11.7. The number of rotatable bonds is 4. The molecular formula is C19H17N3O2. The first-order valence-electron chi connectivity index (χ1n) is 7.85. The van der Waals surface area contributed by atoms with Gasteiger partial charge in [-0.05, 0) is 24.6 Å². The molecular weight excluding hydrogens is 302 g/mol. The molecule has 120 valence electrons. The van der Waals surface area contributed by atoms with Gasteiger partial charge in [0, 0.05) is 30.4 Å². The van der Waals surface area contributed by atoms with Crippen molar-refractivity contribution in [1.29, 1.82) is 0 Å². The third-order valence-corrected chi connectivity index (χ3v) is 4.10. The van der Waals surface area contributed by atoms with E-state index in [4.69, 9.17) is 4.52 Å². The molecule has 0 radical (unpaired) electrons. The Morgan fingerprint density at radius 2 is 1.75 bits per heavy atom. The molecule has 5 heteroatoms. The van der Waals surface area contributed by atoms with Crippen LogP contribution in [-0.2, 0) is 13.1 Å². The molecule has 0 aliphatic rings. The van der Waals surface area contributed by atoms with E-state index in [-0.39, 0.29) is 5.56 Å². The van der Waals surface area contributed by atoms with Gasteiger partial charge in [-0.1, -0.05) is 35.5 Å². The average Bonchev–Trinajstić information content (AvgIpc) is 3.18. The molecule has 4 aromatic rings. The Labute approximate surface area is 138 Å². The lowest BCUT2D eigenvalue weighted by atomic mass is 10.2. The second-order valence-electron chi connectivity index (χ2n) is 5.91. The fourth-order valence-electron chi connectivity index (χ4n) is 2.95. The summed E-state index contributed by atoms with van der Waals surface area (Å²) in [6.45, 7) is 2.92. The van der Waals surface area contributed by atoms with Gasteiger partial charge in [0.2, 0.25) is 0 Å². The van der Waals surface area contributed by atoms with Gasteiger partial charge in [0.1, 0.15) is 17.0 Å². The molecule has 4 rings (SSSR count). The summed E-state index contributed by atoms with van der Waals surface area (Å²) in [5.74, 6) is 0.742. The number of aromatic nitrogens is 3. The lowest BCUT2D eigenvalue weighted by molar-refractivity contribution is 0.388. The minimum absolute atomic E-state index is 0.0194. The summed E-state index contributed by atoms with van der Waals surface area (Å²) in [6, 6.07) is 15.9. The van der Waals surface area contributed by atoms with Gasteiger partial charge < -0.3 is 13.7 Å². The van der Waals surface area contributed by atoms with Crippen molar-refractivity contribution in [2.45, 2.75) is 20.0 Å². The van der Waals surface area contributed by atoms with Crippen molar-refractivity contribution in [3.63, 3.8) is 0 Å². The molecule has 0 saturated heterocycles. The summed E-state index contributed by atoms with van der Waals surface area (Å²) in [5, 5.41) is 4.92. The third-order valence-electron chi connectivity index (χ3n) is 4.10. The van der Waals surface area contributed by atoms with E-state index in [2.05, 4.69) is 17.3 Å². The summed E-state index contributed by atoms with van der Waals surface area (Å²) >= 11 is 0. The Morgan fingerprint density at radius 1 is 1.00 bits per heavy atom. The molecule has 0 atom stereocenters. The lowest BCUT2D eigenvalue weighted by Crippen LogP contribution is -2.22. The Hall–Kier alpha value is -3.08. The van der Waals surface area contributed by atoms with E-state index in [1.165, 1.54) is 0 Å². The van der Waals surface area contributed by atoms with Crippen LogP contribution in [0.5, 0.6) is 0 Å². The Kier molecular flexibility index (Phi) is 3.54. The van der Waals surface area contributed by atoms with E-state index >= 15 is 0 Å². The van der Waals surface area contributed by atoms with Crippen LogP contribution < -0.4 is 5.56 Å². The topological polar surface area (TPSA) is 53.0 Å². The van der Waals surface area contributed by atoms with Crippen LogP contribution in [0.3, 0.4) is 0 Å². The molecule has 3 heterocycles. The number of pyridine rings is 1. The normalized spacial score (nSPS) is 11.2. The van der Waals surface area contributed by atoms with E-state index < -0.39 is 0 Å². The SMILES string of the molecule is Cc1cc(Cn2ccc3ccn(Cc4ccccc4)c3c2=O)no1. The largest absolute Gasteiger partial charge is 0.361 e. The Balaban J connectivity index is 1.74. The van der Waals surface area contributed by atoms with Crippen LogP contribution in [0.1, 0.15) is 17.0 Å². The smallest absolute Gasteiger partial charge is 0.275 e. The number of aryl methyl sites for hydroxylation is 1. The Bertz CT molecular complexity index is 1040. The van der Waals surface area contributed by atoms with Gasteiger partial charge in [-0.2, -0.15) is 0 Å². The fraction of sp³-hybridized carbons (Fsp3) is 0.158. The van der Waals surface area contributed by atoms with Crippen LogP contribution in [0.4, 0.5) is 0 Å². The van der Waals surface area contributed by atoms with E-state index in [0.29, 0.717) is 18.6 Å². The van der Waals surface area contributed by atoms with E-state index in [9.17, 15) is 4.79 Å². The van der Waals surface area contributed by atoms with Gasteiger partial charge >= 0.3 is 0 Å². The molecule has 0 aliphatic heterocycles. The number of benzene rings is 1. The number of hydrogen-bond acceptors (Lipinski definition) is 3. The number of hydrogen-bond donors (Lipinski definition) is 0. The molecule has 5 nitrogen and oxygen atoms in total. The molecule has 0 aliphatic carbocycles. The van der Waals surface area contributed by atoms with Crippen molar-refractivity contribution in [3.05, 3.63) is 88.3 Å². The van der Waals surface area contributed by atoms with Gasteiger partial charge in [-0.25, -0.2) is 0 Å². The molecule has 0 spiro atoms. The van der Waals surface area contributed by atoms with E-state index in [1.807, 2.05) is 60.3 Å². The highest BCUT2D eigenvalue weighted by atomic mass is 16.5. The fourth-order valence-corrected chi connectivity index (χ4v) is 2.95. The minimum Gasteiger partial charge on any atom is -0.361 e. The van der Waals surface area contributed by atoms with Crippen LogP contribution in [0.2, 0.25) is 0 Å². The number of nitrogens with zero attached hydrogens (tertiary/aromatic N) is 3. The van der Waals surface area contributed by atoms with Crippen LogP contribution >= 0.6 is 0 Å². The molecule has 0 amide bonds. The Morgan fingerprint density at radius 3 is 2.46 bits per heavy atom. The summed E-state index contributed by atoms with van der Waals surface area (Å²) in [5.41, 5.74) is 2.60. The third kappa shape index (κ3) is 2.65. The summed E-state index contributed by atoms with van der Waals surface area (Å²) in [4.78, 5) is 12.9. The second-order valence-corrected chi connectivity index (χ2v) is 5.91. The maximum Gasteiger partial charge on any atom is 0.275 e. The summed E-state index contributed by atoms with van der Waals surface area (Å²) in [6.07, 6.45) is 3.77. The van der Waals surface area contributed by atoms with Crippen molar-refractivity contribution in [3.8, 4) is 0 Å². The van der Waals surface area contributed by atoms with Gasteiger partial charge in [0.15, 0.2) is 0 Å². The second kappa shape index (κ2) is 5.85. The lowest BCUT2D eigenvalue weighted by Gasteiger charge is -2.08. The van der Waals surface area contributed by atoms with Gasteiger partial charge in [0.25, 0.3) is 5.56 Å². The monoisotopic (exact) mass is 319 g/mol. The molecule has 0 fully saturated rings. The van der Waals surface area contributed by atoms with Crippen LogP contribution in [0.25, 0.3) is 10.9 Å². The average molecular weight is 319 g/mol. The maximum absolute atomic E-state index is 12.9. The first-order valence-corrected chi connectivity index (χ1v) is 7.85. The zero-order valence-corrected chi connectivity index (χ0v) is 13.3. The molecule has 0 bridgehead atoms. The van der Waals surface area contributed by atoms with Crippen molar-refractivity contribution in [2.75, 3.05) is 0 Å². The van der Waals surface area contributed by atoms with Gasteiger partial charge in [-0.3, -0.25) is 4.79 Å². The van der Waals surface area contributed by atoms with Crippen molar-refractivity contribution < 1.29 is 4.52 Å². The molecule has 0 N–H and O–H groups in total. The highest BCUT2D eigenvalue weighted by Crippen LogP contribution is 2.14. The molecule has 1 aromatic carbocycles. The first kappa shape index (κ1) is 14.5. The molecule has 24 heavy (non-hydrogen) atoms. The predicted molar refractivity (Wildman–Crippen MR) is 92.1 cm³/mol. The quantitative estimate of drug-likeness (QED) is 0.580. The van der Waals surface area contributed by atoms with Crippen molar-refractivity contribution in [2.24, 2.45) is 0 Å². The van der Waals surface area contributed by atoms with Crippen LogP contribution in [0.15, 0.2) is 70.2 Å². The zero-order valence-electron chi connectivity index (χ0n) is 13.3. The molecule has 0 unspecified atom stereocenters. The van der Waals surface area contributed by atoms with E-state index in [1.54, 1.807) is 4.57 Å². The van der Waals surface area contributed by atoms with Gasteiger partial charge in [-0.15, -0.1) is 0 Å². The summed E-state index contributed by atoms with van der Waals surface area (Å²) < 4.78 is 8.75. The highest BCUT2D eigenvalue weighted by Gasteiger charge is 2.10. The van der Waals surface area contributed by atoms with E-state index in [0.717, 1.165) is 22.4 Å². The van der Waals surface area contributed by atoms with Crippen molar-refractivity contribution in [1.82, 2.24) is 14.3 Å². The maximum atomic E-state index is 12.9. The number of fused-ring (bicyclic) bond motifs is 1. The predicted octanol–water partition coefficient (Wildman–Crippen LogP) is 3.20. The van der Waals surface area contributed by atoms with Crippen LogP contribution in [0, 0.1) is 6.92 Å². The molecule has 0 saturated carbocycles.